The van der Waals surface area contributed by atoms with Crippen LogP contribution < -0.4 is 21.3 Å². The molecule has 3 atom stereocenters. The van der Waals surface area contributed by atoms with Gasteiger partial charge in [-0.25, -0.2) is 9.78 Å². The molecular formula is C31H37N5O6S. The van der Waals surface area contributed by atoms with Gasteiger partial charge in [-0.05, 0) is 23.5 Å². The maximum atomic E-state index is 13.6. The van der Waals surface area contributed by atoms with E-state index in [1.807, 2.05) is 74.5 Å². The number of rotatable bonds is 15. The molecule has 1 heterocycles. The first-order valence-electron chi connectivity index (χ1n) is 13.9. The zero-order valence-corrected chi connectivity index (χ0v) is 25.2. The summed E-state index contributed by atoms with van der Waals surface area (Å²) in [5.41, 5.74) is 1.56. The van der Waals surface area contributed by atoms with Crippen LogP contribution in [0.3, 0.4) is 0 Å². The van der Waals surface area contributed by atoms with Crippen LogP contribution >= 0.6 is 11.3 Å². The summed E-state index contributed by atoms with van der Waals surface area (Å²) in [5.74, 6) is -2.02. The zero-order valence-electron chi connectivity index (χ0n) is 24.4. The number of carbonyl (C=O) groups is 5. The predicted molar refractivity (Wildman–Crippen MR) is 162 cm³/mol. The lowest BCUT2D eigenvalue weighted by atomic mass is 10.0. The minimum atomic E-state index is -1.12. The Balaban J connectivity index is 1.77. The van der Waals surface area contributed by atoms with Crippen LogP contribution in [0.2, 0.25) is 0 Å². The first kappa shape index (κ1) is 32.9. The second-order valence-corrected chi connectivity index (χ2v) is 11.2. The number of nitrogens with one attached hydrogen (secondary N) is 4. The van der Waals surface area contributed by atoms with Gasteiger partial charge in [-0.2, -0.15) is 0 Å². The SMILES string of the molecule is CC(=O)NC[C@H](NC(=O)[C@H](Cc1ccccc1)NC(=O)[C@H](CC(C)C)NC(=O)OCc1ccccc1)C(=O)c1nccs1. The van der Waals surface area contributed by atoms with Crippen molar-refractivity contribution in [2.24, 2.45) is 5.92 Å². The van der Waals surface area contributed by atoms with Crippen LogP contribution in [0, 0.1) is 5.92 Å². The van der Waals surface area contributed by atoms with Gasteiger partial charge in [0.05, 0.1) is 0 Å². The van der Waals surface area contributed by atoms with E-state index in [4.69, 9.17) is 4.74 Å². The third-order valence-electron chi connectivity index (χ3n) is 6.28. The fraction of sp³-hybridized carbons (Fsp3) is 0.355. The molecule has 4 N–H and O–H groups in total. The summed E-state index contributed by atoms with van der Waals surface area (Å²) in [7, 11) is 0. The number of hydrogen-bond donors (Lipinski definition) is 4. The molecule has 0 aliphatic rings. The molecule has 228 valence electrons. The summed E-state index contributed by atoms with van der Waals surface area (Å²) < 4.78 is 5.31. The molecule has 4 amide bonds. The van der Waals surface area contributed by atoms with Crippen molar-refractivity contribution in [3.8, 4) is 0 Å². The zero-order chi connectivity index (χ0) is 31.2. The van der Waals surface area contributed by atoms with Gasteiger partial charge in [-0.15, -0.1) is 11.3 Å². The molecule has 1 aromatic heterocycles. The van der Waals surface area contributed by atoms with Gasteiger partial charge < -0.3 is 26.0 Å². The van der Waals surface area contributed by atoms with Gasteiger partial charge in [0.2, 0.25) is 23.5 Å². The Morgan fingerprint density at radius 2 is 1.42 bits per heavy atom. The number of carbonyl (C=O) groups excluding carboxylic acids is 5. The van der Waals surface area contributed by atoms with Gasteiger partial charge in [-0.3, -0.25) is 19.2 Å². The molecule has 3 rings (SSSR count). The van der Waals surface area contributed by atoms with Crippen LogP contribution in [-0.4, -0.2) is 59.3 Å². The maximum absolute atomic E-state index is 13.6. The number of alkyl carbamates (subject to hydrolysis) is 1. The fourth-order valence-corrected chi connectivity index (χ4v) is 4.79. The van der Waals surface area contributed by atoms with E-state index in [9.17, 15) is 24.0 Å². The molecule has 43 heavy (non-hydrogen) atoms. The van der Waals surface area contributed by atoms with E-state index in [-0.39, 0.29) is 36.4 Å². The third kappa shape index (κ3) is 11.3. The van der Waals surface area contributed by atoms with Crippen LogP contribution in [0.4, 0.5) is 4.79 Å². The first-order chi connectivity index (χ1) is 20.6. The number of Topliss-reactive ketones (excluding diaryl/α,β-unsaturated/α-hetero) is 1. The topological polar surface area (TPSA) is 156 Å². The normalized spacial score (nSPS) is 12.8. The average Bonchev–Trinajstić information content (AvgIpc) is 3.53. The number of thiazole rings is 1. The number of amides is 4. The Bertz CT molecular complexity index is 1350. The molecule has 0 spiro atoms. The van der Waals surface area contributed by atoms with Gasteiger partial charge in [0.25, 0.3) is 0 Å². The average molecular weight is 608 g/mol. The molecule has 11 nitrogen and oxygen atoms in total. The summed E-state index contributed by atoms with van der Waals surface area (Å²) in [6.45, 7) is 4.99. The summed E-state index contributed by atoms with van der Waals surface area (Å²) in [6.07, 6.45) is 1.11. The quantitative estimate of drug-likeness (QED) is 0.194. The van der Waals surface area contributed by atoms with Crippen molar-refractivity contribution in [1.82, 2.24) is 26.3 Å². The van der Waals surface area contributed by atoms with Crippen molar-refractivity contribution in [3.05, 3.63) is 88.4 Å². The first-order valence-corrected chi connectivity index (χ1v) is 14.8. The van der Waals surface area contributed by atoms with E-state index in [1.54, 1.807) is 5.38 Å². The molecule has 0 saturated carbocycles. The van der Waals surface area contributed by atoms with Crippen LogP contribution in [-0.2, 0) is 32.1 Å². The Labute approximate surface area is 254 Å². The maximum Gasteiger partial charge on any atom is 0.408 e. The lowest BCUT2D eigenvalue weighted by Gasteiger charge is -2.26. The van der Waals surface area contributed by atoms with Crippen molar-refractivity contribution >= 4 is 40.9 Å². The summed E-state index contributed by atoms with van der Waals surface area (Å²) in [6, 6.07) is 15.0. The summed E-state index contributed by atoms with van der Waals surface area (Å²) >= 11 is 1.11. The smallest absolute Gasteiger partial charge is 0.408 e. The lowest BCUT2D eigenvalue weighted by molar-refractivity contribution is -0.130. The Morgan fingerprint density at radius 1 is 0.814 bits per heavy atom. The molecule has 12 heteroatoms. The molecule has 0 fully saturated rings. The number of benzene rings is 2. The molecular weight excluding hydrogens is 570 g/mol. The Morgan fingerprint density at radius 3 is 2.00 bits per heavy atom. The Hall–Kier alpha value is -4.58. The van der Waals surface area contributed by atoms with Gasteiger partial charge in [0, 0.05) is 31.5 Å². The van der Waals surface area contributed by atoms with E-state index in [2.05, 4.69) is 26.3 Å². The minimum Gasteiger partial charge on any atom is -0.445 e. The Kier molecular flexibility index (Phi) is 12.8. The highest BCUT2D eigenvalue weighted by molar-refractivity contribution is 7.11. The molecule has 0 aliphatic heterocycles. The van der Waals surface area contributed by atoms with E-state index in [1.165, 1.54) is 13.1 Å². The summed E-state index contributed by atoms with van der Waals surface area (Å²) in [5, 5.41) is 12.4. The van der Waals surface area contributed by atoms with Crippen LogP contribution in [0.1, 0.15) is 48.1 Å². The van der Waals surface area contributed by atoms with Gasteiger partial charge in [0.1, 0.15) is 24.7 Å². The predicted octanol–water partition coefficient (Wildman–Crippen LogP) is 3.02. The highest BCUT2D eigenvalue weighted by Gasteiger charge is 2.31. The van der Waals surface area contributed by atoms with Crippen molar-refractivity contribution in [2.45, 2.75) is 58.3 Å². The number of aromatic nitrogens is 1. The van der Waals surface area contributed by atoms with E-state index >= 15 is 0 Å². The highest BCUT2D eigenvalue weighted by Crippen LogP contribution is 2.11. The van der Waals surface area contributed by atoms with Gasteiger partial charge in [0.15, 0.2) is 5.01 Å². The van der Waals surface area contributed by atoms with Crippen molar-refractivity contribution in [3.63, 3.8) is 0 Å². The molecule has 0 unspecified atom stereocenters. The fourth-order valence-electron chi connectivity index (χ4n) is 4.16. The third-order valence-corrected chi connectivity index (χ3v) is 7.06. The van der Waals surface area contributed by atoms with Crippen LogP contribution in [0.5, 0.6) is 0 Å². The molecule has 0 radical (unpaired) electrons. The standard InChI is InChI=1S/C31H37N5O6S/c1-20(2)16-24(36-31(41)42-19-23-12-8-5-9-13-23)28(39)34-25(17-22-10-6-4-7-11-22)29(40)35-26(18-33-21(3)37)27(38)30-32-14-15-43-30/h4-15,20,24-26H,16-19H2,1-3H3,(H,33,37)(H,34,39)(H,35,40)(H,36,41)/t24-,25-,26-/m0/s1. The van der Waals surface area contributed by atoms with Gasteiger partial charge >= 0.3 is 6.09 Å². The summed E-state index contributed by atoms with van der Waals surface area (Å²) in [4.78, 5) is 68.5. The second kappa shape index (κ2) is 16.8. The largest absolute Gasteiger partial charge is 0.445 e. The van der Waals surface area contributed by atoms with Crippen LogP contribution in [0.25, 0.3) is 0 Å². The monoisotopic (exact) mass is 607 g/mol. The van der Waals surface area contributed by atoms with Crippen LogP contribution in [0.15, 0.2) is 72.2 Å². The second-order valence-electron chi connectivity index (χ2n) is 10.3. The highest BCUT2D eigenvalue weighted by atomic mass is 32.1. The molecule has 0 aliphatic carbocycles. The number of nitrogens with zero attached hydrogens (tertiary/aromatic N) is 1. The minimum absolute atomic E-state index is 0.0320. The van der Waals surface area contributed by atoms with E-state index in [0.29, 0.717) is 6.42 Å². The lowest BCUT2D eigenvalue weighted by Crippen LogP contribution is -2.58. The number of hydrogen-bond acceptors (Lipinski definition) is 8. The number of ketones is 1. The van der Waals surface area contributed by atoms with Crippen molar-refractivity contribution < 1.29 is 28.7 Å². The van der Waals surface area contributed by atoms with E-state index < -0.39 is 41.8 Å². The molecule has 3 aromatic rings. The number of ether oxygens (including phenoxy) is 1. The molecule has 0 bridgehead atoms. The molecule has 0 saturated heterocycles. The van der Waals surface area contributed by atoms with Gasteiger partial charge in [-0.1, -0.05) is 74.5 Å². The van der Waals surface area contributed by atoms with E-state index in [0.717, 1.165) is 22.5 Å². The molecule has 2 aromatic carbocycles. The van der Waals surface area contributed by atoms with Crippen molar-refractivity contribution in [1.29, 1.82) is 0 Å². The van der Waals surface area contributed by atoms with Crippen molar-refractivity contribution in [2.75, 3.05) is 6.54 Å².